The van der Waals surface area contributed by atoms with Crippen LogP contribution in [0.15, 0.2) is 48.5 Å². The molecule has 5 N–H and O–H groups in total. The van der Waals surface area contributed by atoms with E-state index in [0.29, 0.717) is 11.4 Å². The summed E-state index contributed by atoms with van der Waals surface area (Å²) in [4.78, 5) is 23.8. The first-order valence-corrected chi connectivity index (χ1v) is 8.24. The number of anilines is 4. The number of aromatic nitrogens is 3. The molecule has 0 aliphatic heterocycles. The number of carbonyl (C=O) groups excluding carboxylic acids is 1. The third-order valence-electron chi connectivity index (χ3n) is 3.55. The third kappa shape index (κ3) is 5.48. The number of ether oxygens (including phenoxy) is 2. The van der Waals surface area contributed by atoms with E-state index in [9.17, 15) is 13.6 Å². The second-order valence-corrected chi connectivity index (χ2v) is 5.62. The van der Waals surface area contributed by atoms with Crippen molar-refractivity contribution in [2.75, 3.05) is 16.8 Å². The van der Waals surface area contributed by atoms with Crippen molar-refractivity contribution in [2.45, 2.75) is 13.2 Å². The average Bonchev–Trinajstić information content (AvgIpc) is 2.67. The topological polar surface area (TPSA) is 138 Å². The Morgan fingerprint density at radius 1 is 1.00 bits per heavy atom. The summed E-state index contributed by atoms with van der Waals surface area (Å²) in [6.07, 6.45) is 0. The van der Waals surface area contributed by atoms with Crippen molar-refractivity contribution in [1.29, 1.82) is 0 Å². The van der Waals surface area contributed by atoms with Crippen LogP contribution in [0.2, 0.25) is 0 Å². The lowest BCUT2D eigenvalue weighted by atomic mass is 10.1. The molecule has 1 heterocycles. The van der Waals surface area contributed by atoms with Gasteiger partial charge in [0.15, 0.2) is 12.4 Å². The number of carbonyl (C=O) groups is 1. The van der Waals surface area contributed by atoms with Crippen LogP contribution in [-0.2, 0) is 11.3 Å². The smallest absolute Gasteiger partial charge is 0.387 e. The Morgan fingerprint density at radius 2 is 1.66 bits per heavy atom. The number of nitrogen functional groups attached to an aromatic ring is 2. The Morgan fingerprint density at radius 3 is 2.31 bits per heavy atom. The molecule has 3 aromatic rings. The number of halogens is 2. The second-order valence-electron chi connectivity index (χ2n) is 5.62. The lowest BCUT2D eigenvalue weighted by Crippen LogP contribution is -2.12. The number of para-hydroxylation sites is 1. The van der Waals surface area contributed by atoms with Crippen molar-refractivity contribution in [3.8, 4) is 5.75 Å². The van der Waals surface area contributed by atoms with Gasteiger partial charge in [-0.25, -0.2) is 4.79 Å². The van der Waals surface area contributed by atoms with Gasteiger partial charge in [-0.1, -0.05) is 12.1 Å². The Balaban J connectivity index is 1.70. The zero-order chi connectivity index (χ0) is 20.8. The largest absolute Gasteiger partial charge is 0.454 e. The maximum absolute atomic E-state index is 12.5. The Labute approximate surface area is 163 Å². The first-order chi connectivity index (χ1) is 13.9. The molecule has 11 heteroatoms. The predicted octanol–water partition coefficient (Wildman–Crippen LogP) is 2.74. The molecule has 0 unspecified atom stereocenters. The van der Waals surface area contributed by atoms with E-state index in [1.54, 1.807) is 24.3 Å². The summed E-state index contributed by atoms with van der Waals surface area (Å²) >= 11 is 0. The van der Waals surface area contributed by atoms with E-state index >= 15 is 0 Å². The van der Waals surface area contributed by atoms with Crippen molar-refractivity contribution in [3.63, 3.8) is 0 Å². The van der Waals surface area contributed by atoms with E-state index < -0.39 is 12.6 Å². The second kappa shape index (κ2) is 8.78. The van der Waals surface area contributed by atoms with Gasteiger partial charge in [-0.05, 0) is 36.4 Å². The van der Waals surface area contributed by atoms with Gasteiger partial charge in [0.1, 0.15) is 5.75 Å². The number of nitrogens with zero attached hydrogens (tertiary/aromatic N) is 3. The first-order valence-electron chi connectivity index (χ1n) is 8.24. The molecule has 9 nitrogen and oxygen atoms in total. The number of nitrogens with one attached hydrogen (secondary N) is 1. The first kappa shape index (κ1) is 19.7. The molecule has 0 saturated heterocycles. The Hall–Kier alpha value is -4.02. The van der Waals surface area contributed by atoms with E-state index in [1.807, 2.05) is 0 Å². The van der Waals surface area contributed by atoms with Gasteiger partial charge in [0, 0.05) is 5.69 Å². The summed E-state index contributed by atoms with van der Waals surface area (Å²) in [6, 6.07) is 12.5. The summed E-state index contributed by atoms with van der Waals surface area (Å²) in [6.45, 7) is -3.15. The highest BCUT2D eigenvalue weighted by Gasteiger charge is 2.14. The summed E-state index contributed by atoms with van der Waals surface area (Å²) in [5.41, 5.74) is 12.2. The van der Waals surface area contributed by atoms with E-state index in [4.69, 9.17) is 16.2 Å². The summed E-state index contributed by atoms with van der Waals surface area (Å²) in [5, 5.41) is 3.03. The summed E-state index contributed by atoms with van der Waals surface area (Å²) < 4.78 is 34.0. The lowest BCUT2D eigenvalue weighted by molar-refractivity contribution is -0.0498. The minimum Gasteiger partial charge on any atom is -0.454 e. The van der Waals surface area contributed by atoms with Gasteiger partial charge in [0.25, 0.3) is 0 Å². The minimum atomic E-state index is -2.90. The van der Waals surface area contributed by atoms with Gasteiger partial charge < -0.3 is 26.3 Å². The third-order valence-corrected chi connectivity index (χ3v) is 3.55. The minimum absolute atomic E-state index is 0.0224. The molecule has 2 aromatic carbocycles. The maximum atomic E-state index is 12.5. The van der Waals surface area contributed by atoms with Crippen LogP contribution in [0, 0.1) is 0 Å². The summed E-state index contributed by atoms with van der Waals surface area (Å²) in [7, 11) is 0. The predicted molar refractivity (Wildman–Crippen MR) is 101 cm³/mol. The molecule has 150 valence electrons. The maximum Gasteiger partial charge on any atom is 0.387 e. The highest BCUT2D eigenvalue weighted by molar-refractivity contribution is 5.96. The van der Waals surface area contributed by atoms with E-state index in [2.05, 4.69) is 25.0 Å². The number of alkyl halides is 2. The summed E-state index contributed by atoms with van der Waals surface area (Å²) in [5.74, 6) is -0.657. The van der Waals surface area contributed by atoms with Gasteiger partial charge in [0.2, 0.25) is 11.9 Å². The standard InChI is InChI=1S/C18H16F2N6O3/c19-16(20)29-11-7-5-10(6-8-11)23-13-4-2-1-3-12(13)15(27)28-9-14-24-17(21)26-18(22)25-14/h1-8,16,23H,9H2,(H4,21,22,24,25,26). The molecule has 0 aliphatic carbocycles. The fraction of sp³-hybridized carbons (Fsp3) is 0.111. The van der Waals surface area contributed by atoms with Gasteiger partial charge in [-0.3, -0.25) is 0 Å². The van der Waals surface area contributed by atoms with Crippen LogP contribution in [0.3, 0.4) is 0 Å². The molecular weight excluding hydrogens is 386 g/mol. The van der Waals surface area contributed by atoms with Gasteiger partial charge in [0.05, 0.1) is 11.3 Å². The molecule has 0 atom stereocenters. The lowest BCUT2D eigenvalue weighted by Gasteiger charge is -2.12. The van der Waals surface area contributed by atoms with Crippen LogP contribution < -0.4 is 21.5 Å². The molecule has 3 rings (SSSR count). The SMILES string of the molecule is Nc1nc(N)nc(COC(=O)c2ccccc2Nc2ccc(OC(F)F)cc2)n1. The normalized spacial score (nSPS) is 10.6. The molecule has 0 spiro atoms. The molecule has 0 fully saturated rings. The Bertz CT molecular complexity index is 981. The van der Waals surface area contributed by atoms with Crippen LogP contribution in [-0.4, -0.2) is 27.5 Å². The monoisotopic (exact) mass is 402 g/mol. The number of benzene rings is 2. The molecular formula is C18H16F2N6O3. The van der Waals surface area contributed by atoms with Gasteiger partial charge >= 0.3 is 12.6 Å². The van der Waals surface area contributed by atoms with E-state index in [1.165, 1.54) is 24.3 Å². The number of hydrogen-bond donors (Lipinski definition) is 3. The average molecular weight is 402 g/mol. The van der Waals surface area contributed by atoms with Crippen LogP contribution in [0.4, 0.5) is 32.1 Å². The highest BCUT2D eigenvalue weighted by Crippen LogP contribution is 2.24. The highest BCUT2D eigenvalue weighted by atomic mass is 19.3. The van der Waals surface area contributed by atoms with Crippen LogP contribution in [0.25, 0.3) is 0 Å². The van der Waals surface area contributed by atoms with Gasteiger partial charge in [-0.15, -0.1) is 0 Å². The fourth-order valence-corrected chi connectivity index (χ4v) is 2.37. The molecule has 0 bridgehead atoms. The van der Waals surface area contributed by atoms with Crippen LogP contribution >= 0.6 is 0 Å². The number of esters is 1. The van der Waals surface area contributed by atoms with E-state index in [-0.39, 0.29) is 35.6 Å². The number of nitrogens with two attached hydrogens (primary N) is 2. The molecule has 0 aliphatic rings. The van der Waals surface area contributed by atoms with Crippen molar-refractivity contribution in [1.82, 2.24) is 15.0 Å². The zero-order valence-corrected chi connectivity index (χ0v) is 14.9. The number of rotatable bonds is 7. The van der Waals surface area contributed by atoms with Crippen molar-refractivity contribution in [3.05, 3.63) is 59.9 Å². The molecule has 29 heavy (non-hydrogen) atoms. The zero-order valence-electron chi connectivity index (χ0n) is 14.9. The molecule has 1 aromatic heterocycles. The van der Waals surface area contributed by atoms with Crippen molar-refractivity contribution < 1.29 is 23.0 Å². The molecule has 0 radical (unpaired) electrons. The van der Waals surface area contributed by atoms with Crippen molar-refractivity contribution >= 4 is 29.2 Å². The quantitative estimate of drug-likeness (QED) is 0.509. The van der Waals surface area contributed by atoms with Crippen LogP contribution in [0.1, 0.15) is 16.2 Å². The van der Waals surface area contributed by atoms with Gasteiger partial charge in [-0.2, -0.15) is 23.7 Å². The molecule has 0 saturated carbocycles. The fourth-order valence-electron chi connectivity index (χ4n) is 2.37. The van der Waals surface area contributed by atoms with Crippen LogP contribution in [0.5, 0.6) is 5.75 Å². The Kier molecular flexibility index (Phi) is 5.97. The van der Waals surface area contributed by atoms with Crippen molar-refractivity contribution in [2.24, 2.45) is 0 Å². The number of hydrogen-bond acceptors (Lipinski definition) is 9. The van der Waals surface area contributed by atoms with E-state index in [0.717, 1.165) is 0 Å². The molecule has 0 amide bonds.